The van der Waals surface area contributed by atoms with Gasteiger partial charge in [-0.15, -0.1) is 13.2 Å². The molecule has 0 aromatic heterocycles. The van der Waals surface area contributed by atoms with Gasteiger partial charge in [-0.3, -0.25) is 0 Å². The summed E-state index contributed by atoms with van der Waals surface area (Å²) in [5.41, 5.74) is 15.9. The van der Waals surface area contributed by atoms with Crippen LogP contribution < -0.4 is 4.90 Å². The molecular formula is C52H45N. The Bertz CT molecular complexity index is 2290. The highest BCUT2D eigenvalue weighted by molar-refractivity contribution is 5.81. The van der Waals surface area contributed by atoms with E-state index < -0.39 is 5.41 Å². The molecule has 0 spiro atoms. The van der Waals surface area contributed by atoms with Gasteiger partial charge in [-0.1, -0.05) is 164 Å². The third kappa shape index (κ3) is 6.59. The summed E-state index contributed by atoms with van der Waals surface area (Å²) >= 11 is 0. The maximum atomic E-state index is 3.00. The molecule has 1 aliphatic carbocycles. The van der Waals surface area contributed by atoms with Gasteiger partial charge in [0.2, 0.25) is 0 Å². The normalized spacial score (nSPS) is 13.0. The van der Waals surface area contributed by atoms with Gasteiger partial charge in [0.1, 0.15) is 0 Å². The quantitative estimate of drug-likeness (QED) is 0.114. The van der Waals surface area contributed by atoms with E-state index in [1.165, 1.54) is 55.6 Å². The van der Waals surface area contributed by atoms with Crippen LogP contribution in [0.2, 0.25) is 0 Å². The maximum Gasteiger partial charge on any atom is 0.0707 e. The molecule has 0 atom stereocenters. The van der Waals surface area contributed by atoms with Crippen molar-refractivity contribution >= 4 is 22.6 Å². The van der Waals surface area contributed by atoms with Crippen molar-refractivity contribution in [2.75, 3.05) is 4.90 Å². The predicted molar refractivity (Wildman–Crippen MR) is 227 cm³/mol. The van der Waals surface area contributed by atoms with Gasteiger partial charge in [0, 0.05) is 17.1 Å². The molecule has 1 heteroatoms. The summed E-state index contributed by atoms with van der Waals surface area (Å²) < 4.78 is 0. The maximum absolute atomic E-state index is 3.00. The van der Waals surface area contributed by atoms with Crippen molar-refractivity contribution < 1.29 is 0 Å². The Morgan fingerprint density at radius 2 is 1.06 bits per heavy atom. The number of hydrogen-bond acceptors (Lipinski definition) is 1. The second kappa shape index (κ2) is 15.8. The van der Waals surface area contributed by atoms with Crippen LogP contribution >= 0.6 is 0 Å². The van der Waals surface area contributed by atoms with Crippen LogP contribution in [0.15, 0.2) is 213 Å². The number of fused-ring (bicyclic) bond motifs is 2. The molecule has 258 valence electrons. The van der Waals surface area contributed by atoms with Crippen LogP contribution in [-0.2, 0) is 11.8 Å². The molecule has 7 aromatic rings. The zero-order valence-electron chi connectivity index (χ0n) is 30.6. The topological polar surface area (TPSA) is 3.24 Å². The summed E-state index contributed by atoms with van der Waals surface area (Å²) in [6, 6.07) is 66.7. The predicted octanol–water partition coefficient (Wildman–Crippen LogP) is 13.9. The van der Waals surface area contributed by atoms with E-state index in [0.717, 1.165) is 23.5 Å². The van der Waals surface area contributed by atoms with Crippen LogP contribution in [0, 0.1) is 0 Å². The van der Waals surface area contributed by atoms with Crippen LogP contribution in [0.25, 0.3) is 16.7 Å². The zero-order valence-corrected chi connectivity index (χ0v) is 30.6. The van der Waals surface area contributed by atoms with Gasteiger partial charge < -0.3 is 4.90 Å². The zero-order chi connectivity index (χ0) is 36.6. The Morgan fingerprint density at radius 3 is 1.66 bits per heavy atom. The Kier molecular flexibility index (Phi) is 10.5. The molecule has 8 rings (SSSR count). The number of para-hydroxylation sites is 1. The second-order valence-electron chi connectivity index (χ2n) is 13.3. The molecule has 0 N–H and O–H groups in total. The lowest BCUT2D eigenvalue weighted by atomic mass is 9.59. The summed E-state index contributed by atoms with van der Waals surface area (Å²) in [6.45, 7) is 10.2. The Morgan fingerprint density at radius 1 is 0.547 bits per heavy atom. The van der Waals surface area contributed by atoms with E-state index in [1.54, 1.807) is 0 Å². The van der Waals surface area contributed by atoms with E-state index >= 15 is 0 Å². The molecular weight excluding hydrogens is 639 g/mol. The fourth-order valence-electron chi connectivity index (χ4n) is 7.96. The van der Waals surface area contributed by atoms with E-state index in [-0.39, 0.29) is 0 Å². The van der Waals surface area contributed by atoms with Crippen molar-refractivity contribution in [1.82, 2.24) is 0 Å². The average molecular weight is 684 g/mol. The Hall–Kier alpha value is -6.44. The van der Waals surface area contributed by atoms with Crippen LogP contribution in [0.4, 0.5) is 17.1 Å². The minimum absolute atomic E-state index is 0.431. The van der Waals surface area contributed by atoms with Crippen molar-refractivity contribution in [2.45, 2.75) is 25.7 Å². The van der Waals surface area contributed by atoms with Gasteiger partial charge in [0.05, 0.1) is 5.41 Å². The second-order valence-corrected chi connectivity index (χ2v) is 13.3. The molecule has 0 aliphatic heterocycles. The molecule has 53 heavy (non-hydrogen) atoms. The molecule has 1 nitrogen and oxygen atoms in total. The van der Waals surface area contributed by atoms with E-state index in [9.17, 15) is 0 Å². The lowest BCUT2D eigenvalue weighted by Gasteiger charge is -2.43. The minimum atomic E-state index is -0.431. The standard InChI is InChI=1S/C50H41N.C2H4/c1-3-4-17-37(2)38-28-32-44(33-29-38)51(43-23-12-7-13-24-43)45-34-30-39(31-35-45)46-25-16-27-49-47(46)36-40-18-14-15-26-48(40)50(49,41-19-8-5-9-20-41)42-21-10-6-11-22-42;1-2/h3-35H,36H2,1-2H3;1-2H2/b4-3-,37-17+;. The first-order valence-corrected chi connectivity index (χ1v) is 18.4. The van der Waals surface area contributed by atoms with Crippen LogP contribution in [0.5, 0.6) is 0 Å². The molecule has 0 unspecified atom stereocenters. The van der Waals surface area contributed by atoms with Gasteiger partial charge in [-0.25, -0.2) is 0 Å². The fraction of sp³-hybridized carbons (Fsp3) is 0.0769. The lowest BCUT2D eigenvalue weighted by Crippen LogP contribution is -2.36. The Balaban J connectivity index is 0.00000214. The molecule has 0 fully saturated rings. The first-order valence-electron chi connectivity index (χ1n) is 18.4. The van der Waals surface area contributed by atoms with Crippen LogP contribution in [0.1, 0.15) is 52.8 Å². The SMILES string of the molecule is C/C=C\C=C(/C)c1ccc(N(c2ccccc2)c2ccc(-c3cccc4c3Cc3ccccc3C4(c3ccccc3)c3ccccc3)cc2)cc1.C=C. The summed E-state index contributed by atoms with van der Waals surface area (Å²) in [5.74, 6) is 0. The van der Waals surface area contributed by atoms with Crippen molar-refractivity contribution in [3.63, 3.8) is 0 Å². The van der Waals surface area contributed by atoms with Crippen molar-refractivity contribution in [3.05, 3.63) is 252 Å². The van der Waals surface area contributed by atoms with E-state index in [2.05, 4.69) is 225 Å². The summed E-state index contributed by atoms with van der Waals surface area (Å²) in [5, 5.41) is 0. The average Bonchev–Trinajstić information content (AvgIpc) is 3.24. The first-order chi connectivity index (χ1) is 26.2. The van der Waals surface area contributed by atoms with Gasteiger partial charge in [-0.2, -0.15) is 0 Å². The highest BCUT2D eigenvalue weighted by Crippen LogP contribution is 2.52. The van der Waals surface area contributed by atoms with E-state index in [0.29, 0.717) is 0 Å². The summed E-state index contributed by atoms with van der Waals surface area (Å²) in [6.07, 6.45) is 7.20. The smallest absolute Gasteiger partial charge is 0.0707 e. The number of rotatable bonds is 8. The lowest BCUT2D eigenvalue weighted by molar-refractivity contribution is 0.704. The highest BCUT2D eigenvalue weighted by Gasteiger charge is 2.44. The van der Waals surface area contributed by atoms with Crippen molar-refractivity contribution in [1.29, 1.82) is 0 Å². The molecule has 0 saturated carbocycles. The van der Waals surface area contributed by atoms with Crippen molar-refractivity contribution in [3.8, 4) is 11.1 Å². The van der Waals surface area contributed by atoms with Gasteiger partial charge >= 0.3 is 0 Å². The largest absolute Gasteiger partial charge is 0.311 e. The van der Waals surface area contributed by atoms with Crippen LogP contribution in [0.3, 0.4) is 0 Å². The number of allylic oxidation sites excluding steroid dienone is 4. The number of anilines is 3. The highest BCUT2D eigenvalue weighted by atomic mass is 15.1. The third-order valence-electron chi connectivity index (χ3n) is 10.4. The Labute approximate surface area is 315 Å². The van der Waals surface area contributed by atoms with Gasteiger partial charge in [-0.05, 0) is 112 Å². The molecule has 0 saturated heterocycles. The number of hydrogen-bond donors (Lipinski definition) is 0. The molecule has 0 amide bonds. The molecule has 0 bridgehead atoms. The molecule has 0 heterocycles. The first kappa shape index (κ1) is 35.0. The summed E-state index contributed by atoms with van der Waals surface area (Å²) in [4.78, 5) is 2.34. The minimum Gasteiger partial charge on any atom is -0.311 e. The van der Waals surface area contributed by atoms with Gasteiger partial charge in [0.25, 0.3) is 0 Å². The van der Waals surface area contributed by atoms with E-state index in [1.807, 2.05) is 6.92 Å². The molecule has 0 radical (unpaired) electrons. The third-order valence-corrected chi connectivity index (χ3v) is 10.4. The number of benzene rings is 7. The monoisotopic (exact) mass is 683 g/mol. The van der Waals surface area contributed by atoms with Crippen LogP contribution in [-0.4, -0.2) is 0 Å². The molecule has 7 aromatic carbocycles. The van der Waals surface area contributed by atoms with Crippen molar-refractivity contribution in [2.24, 2.45) is 0 Å². The molecule has 1 aliphatic rings. The fourth-order valence-corrected chi connectivity index (χ4v) is 7.96. The number of nitrogens with zero attached hydrogens (tertiary/aromatic N) is 1. The summed E-state index contributed by atoms with van der Waals surface area (Å²) in [7, 11) is 0. The van der Waals surface area contributed by atoms with E-state index in [4.69, 9.17) is 0 Å². The van der Waals surface area contributed by atoms with Gasteiger partial charge in [0.15, 0.2) is 0 Å².